The third-order valence-electron chi connectivity index (χ3n) is 2.71. The van der Waals surface area contributed by atoms with Crippen LogP contribution in [0.25, 0.3) is 11.0 Å². The van der Waals surface area contributed by atoms with Crippen molar-refractivity contribution in [2.75, 3.05) is 0 Å². The lowest BCUT2D eigenvalue weighted by atomic mass is 10.1. The summed E-state index contributed by atoms with van der Waals surface area (Å²) in [6, 6.07) is 8.98. The minimum atomic E-state index is 0.0204. The molecule has 0 aliphatic heterocycles. The minimum Gasteiger partial charge on any atom is -0.345 e. The number of ketones is 1. The molecule has 2 aromatic heterocycles. The molecule has 0 aliphatic carbocycles. The first-order chi connectivity index (χ1) is 8.83. The molecule has 18 heavy (non-hydrogen) atoms. The smallest absolute Gasteiger partial charge is 0.168 e. The molecule has 0 radical (unpaired) electrons. The van der Waals surface area contributed by atoms with E-state index >= 15 is 0 Å². The van der Waals surface area contributed by atoms with Gasteiger partial charge in [-0.3, -0.25) is 4.79 Å². The molecule has 0 spiro atoms. The number of hydrogen-bond donors (Lipinski definition) is 1. The lowest BCUT2D eigenvalue weighted by Gasteiger charge is -2.00. The maximum absolute atomic E-state index is 12.1. The summed E-state index contributed by atoms with van der Waals surface area (Å²) >= 11 is 0. The lowest BCUT2D eigenvalue weighted by molar-refractivity contribution is 0.0992. The summed E-state index contributed by atoms with van der Waals surface area (Å²) in [5.41, 5.74) is 3.04. The van der Waals surface area contributed by atoms with Crippen LogP contribution in [0.1, 0.15) is 16.1 Å². The number of hydrogen-bond acceptors (Lipinski definition) is 4. The highest BCUT2D eigenvalue weighted by atomic mass is 16.1. The van der Waals surface area contributed by atoms with Crippen LogP contribution >= 0.6 is 0 Å². The van der Waals surface area contributed by atoms with Crippen molar-refractivity contribution < 1.29 is 4.79 Å². The van der Waals surface area contributed by atoms with Crippen molar-refractivity contribution in [1.29, 1.82) is 0 Å². The molecule has 0 unspecified atom stereocenters. The van der Waals surface area contributed by atoms with E-state index in [9.17, 15) is 4.79 Å². The number of nitrogens with zero attached hydrogens (tertiary/aromatic N) is 3. The van der Waals surface area contributed by atoms with Gasteiger partial charge in [0.1, 0.15) is 0 Å². The van der Waals surface area contributed by atoms with Crippen LogP contribution in [0.4, 0.5) is 0 Å². The molecule has 0 saturated carbocycles. The van der Waals surface area contributed by atoms with Gasteiger partial charge >= 0.3 is 0 Å². The van der Waals surface area contributed by atoms with Gasteiger partial charge in [-0.15, -0.1) is 0 Å². The van der Waals surface area contributed by atoms with Crippen molar-refractivity contribution in [3.8, 4) is 0 Å². The zero-order chi connectivity index (χ0) is 12.4. The Morgan fingerprint density at radius 1 is 1.28 bits per heavy atom. The van der Waals surface area contributed by atoms with Gasteiger partial charge in [0.05, 0.1) is 29.5 Å². The van der Waals surface area contributed by atoms with Gasteiger partial charge in [-0.25, -0.2) is 4.98 Å². The van der Waals surface area contributed by atoms with Gasteiger partial charge < -0.3 is 4.98 Å². The molecule has 5 heteroatoms. The Balaban J connectivity index is 1.87. The second-order valence-corrected chi connectivity index (χ2v) is 3.95. The Morgan fingerprint density at radius 2 is 2.22 bits per heavy atom. The average molecular weight is 238 g/mol. The quantitative estimate of drug-likeness (QED) is 0.706. The second kappa shape index (κ2) is 4.37. The summed E-state index contributed by atoms with van der Waals surface area (Å²) in [6.45, 7) is 0. The molecule has 1 aromatic carbocycles. The van der Waals surface area contributed by atoms with Crippen LogP contribution in [-0.4, -0.2) is 25.9 Å². The average Bonchev–Trinajstić information content (AvgIpc) is 2.87. The molecule has 5 nitrogen and oxygen atoms in total. The Kier molecular flexibility index (Phi) is 2.57. The van der Waals surface area contributed by atoms with Gasteiger partial charge in [-0.1, -0.05) is 0 Å². The monoisotopic (exact) mass is 238 g/mol. The van der Waals surface area contributed by atoms with Crippen molar-refractivity contribution in [3.63, 3.8) is 0 Å². The van der Waals surface area contributed by atoms with Gasteiger partial charge in [0.25, 0.3) is 0 Å². The lowest BCUT2D eigenvalue weighted by Crippen LogP contribution is -2.05. The standard InChI is InChI=1S/C13H10N4O/c18-13(7-10-2-1-5-16-17-10)9-3-4-11-12(6-9)15-8-14-11/h1-6,8H,7H2,(H,14,15). The zero-order valence-electron chi connectivity index (χ0n) is 9.50. The largest absolute Gasteiger partial charge is 0.345 e. The molecule has 0 saturated heterocycles. The van der Waals surface area contributed by atoms with Crippen LogP contribution in [0.15, 0.2) is 42.9 Å². The third-order valence-corrected chi connectivity index (χ3v) is 2.71. The highest BCUT2D eigenvalue weighted by Gasteiger charge is 2.09. The van der Waals surface area contributed by atoms with Crippen molar-refractivity contribution in [2.45, 2.75) is 6.42 Å². The van der Waals surface area contributed by atoms with Crippen LogP contribution < -0.4 is 0 Å². The van der Waals surface area contributed by atoms with E-state index in [0.29, 0.717) is 11.3 Å². The van der Waals surface area contributed by atoms with E-state index in [1.165, 1.54) is 0 Å². The summed E-state index contributed by atoms with van der Waals surface area (Å²) in [4.78, 5) is 19.2. The predicted molar refractivity (Wildman–Crippen MR) is 66.2 cm³/mol. The third kappa shape index (κ3) is 1.98. The van der Waals surface area contributed by atoms with Gasteiger partial charge in [0.15, 0.2) is 5.78 Å². The summed E-state index contributed by atoms with van der Waals surface area (Å²) in [5.74, 6) is 0.0204. The molecule has 0 aliphatic rings. The van der Waals surface area contributed by atoms with E-state index in [2.05, 4.69) is 20.2 Å². The van der Waals surface area contributed by atoms with Crippen molar-refractivity contribution >= 4 is 16.8 Å². The highest BCUT2D eigenvalue weighted by Crippen LogP contribution is 2.13. The van der Waals surface area contributed by atoms with E-state index in [1.54, 1.807) is 36.8 Å². The first kappa shape index (κ1) is 10.6. The van der Waals surface area contributed by atoms with Crippen LogP contribution in [-0.2, 0) is 6.42 Å². The van der Waals surface area contributed by atoms with Crippen LogP contribution in [0, 0.1) is 0 Å². The number of fused-ring (bicyclic) bond motifs is 1. The fourth-order valence-electron chi connectivity index (χ4n) is 1.80. The number of Topliss-reactive ketones (excluding diaryl/α,β-unsaturated/α-hetero) is 1. The summed E-state index contributed by atoms with van der Waals surface area (Å²) in [7, 11) is 0. The first-order valence-corrected chi connectivity index (χ1v) is 5.56. The van der Waals surface area contributed by atoms with E-state index in [1.807, 2.05) is 6.07 Å². The van der Waals surface area contributed by atoms with Crippen molar-refractivity contribution in [1.82, 2.24) is 20.2 Å². The molecule has 2 heterocycles. The minimum absolute atomic E-state index is 0.0204. The Hall–Kier alpha value is -2.56. The predicted octanol–water partition coefficient (Wildman–Crippen LogP) is 1.78. The van der Waals surface area contributed by atoms with Crippen LogP contribution in [0.3, 0.4) is 0 Å². The SMILES string of the molecule is O=C(Cc1cccnn1)c1ccc2nc[nH]c2c1. The van der Waals surface area contributed by atoms with Crippen molar-refractivity contribution in [2.24, 2.45) is 0 Å². The number of nitrogens with one attached hydrogen (secondary N) is 1. The first-order valence-electron chi connectivity index (χ1n) is 5.56. The van der Waals surface area contributed by atoms with E-state index in [4.69, 9.17) is 0 Å². The maximum atomic E-state index is 12.1. The van der Waals surface area contributed by atoms with Crippen LogP contribution in [0.5, 0.6) is 0 Å². The number of imidazole rings is 1. The van der Waals surface area contributed by atoms with E-state index in [-0.39, 0.29) is 12.2 Å². The number of carbonyl (C=O) groups is 1. The fourth-order valence-corrected chi connectivity index (χ4v) is 1.80. The molecule has 3 rings (SSSR count). The Labute approximate surface area is 103 Å². The molecule has 0 bridgehead atoms. The van der Waals surface area contributed by atoms with Gasteiger partial charge in [-0.2, -0.15) is 10.2 Å². The summed E-state index contributed by atoms with van der Waals surface area (Å²) in [6.07, 6.45) is 3.46. The number of aromatic amines is 1. The van der Waals surface area contributed by atoms with Gasteiger partial charge in [0, 0.05) is 11.8 Å². The normalized spacial score (nSPS) is 10.7. The summed E-state index contributed by atoms with van der Waals surface area (Å²) in [5, 5.41) is 7.66. The molecule has 0 amide bonds. The van der Waals surface area contributed by atoms with Crippen LogP contribution in [0.2, 0.25) is 0 Å². The highest BCUT2D eigenvalue weighted by molar-refractivity contribution is 5.99. The number of aromatic nitrogens is 4. The molecule has 1 N–H and O–H groups in total. The number of benzene rings is 1. The number of H-pyrrole nitrogens is 1. The zero-order valence-corrected chi connectivity index (χ0v) is 9.50. The van der Waals surface area contributed by atoms with Crippen molar-refractivity contribution in [3.05, 3.63) is 54.1 Å². The fraction of sp³-hybridized carbons (Fsp3) is 0.0769. The van der Waals surface area contributed by atoms with E-state index < -0.39 is 0 Å². The second-order valence-electron chi connectivity index (χ2n) is 3.95. The molecule has 0 atom stereocenters. The molecular weight excluding hydrogens is 228 g/mol. The van der Waals surface area contributed by atoms with E-state index in [0.717, 1.165) is 11.0 Å². The Morgan fingerprint density at radius 3 is 3.06 bits per heavy atom. The molecular formula is C13H10N4O. The molecule has 0 fully saturated rings. The van der Waals surface area contributed by atoms with Gasteiger partial charge in [-0.05, 0) is 30.3 Å². The molecule has 3 aromatic rings. The molecule has 88 valence electrons. The maximum Gasteiger partial charge on any atom is 0.168 e. The van der Waals surface area contributed by atoms with Gasteiger partial charge in [0.2, 0.25) is 0 Å². The summed E-state index contributed by atoms with van der Waals surface area (Å²) < 4.78 is 0. The topological polar surface area (TPSA) is 71.5 Å². The number of carbonyl (C=O) groups excluding carboxylic acids is 1. The number of rotatable bonds is 3. The Bertz CT molecular complexity index is 690.